The van der Waals surface area contributed by atoms with E-state index in [2.05, 4.69) is 14.9 Å². The summed E-state index contributed by atoms with van der Waals surface area (Å²) in [4.78, 5) is 0. The molecule has 0 saturated heterocycles. The Morgan fingerprint density at radius 1 is 1.12 bits per heavy atom. The van der Waals surface area contributed by atoms with Crippen molar-refractivity contribution in [2.24, 2.45) is 0 Å². The molecule has 128 valence electrons. The van der Waals surface area contributed by atoms with Gasteiger partial charge in [-0.2, -0.15) is 0 Å². The Hall–Kier alpha value is -2.93. The number of hydrogen-bond donors (Lipinski definition) is 1. The predicted molar refractivity (Wildman–Crippen MR) is 99.2 cm³/mol. The Balaban J connectivity index is 1.81. The van der Waals surface area contributed by atoms with Crippen molar-refractivity contribution in [1.82, 2.24) is 14.8 Å². The molecule has 3 rings (SSSR count). The van der Waals surface area contributed by atoms with Gasteiger partial charge in [0.2, 0.25) is 0 Å². The molecule has 0 aliphatic rings. The number of hydrogen-bond acceptors (Lipinski definition) is 4. The van der Waals surface area contributed by atoms with Gasteiger partial charge in [-0.1, -0.05) is 42.5 Å². The van der Waals surface area contributed by atoms with Gasteiger partial charge in [0, 0.05) is 17.8 Å². The molecule has 3 aromatic rings. The van der Waals surface area contributed by atoms with E-state index < -0.39 is 10.0 Å². The van der Waals surface area contributed by atoms with Gasteiger partial charge in [-0.3, -0.25) is 4.72 Å². The predicted octanol–water partition coefficient (Wildman–Crippen LogP) is 3.38. The van der Waals surface area contributed by atoms with Crippen LogP contribution in [0.2, 0.25) is 0 Å². The molecule has 1 aromatic heterocycles. The van der Waals surface area contributed by atoms with E-state index in [9.17, 15) is 8.42 Å². The summed E-state index contributed by atoms with van der Waals surface area (Å²) in [5.74, 6) is 0.698. The summed E-state index contributed by atoms with van der Waals surface area (Å²) in [6.07, 6.45) is 3.20. The van der Waals surface area contributed by atoms with E-state index in [1.807, 2.05) is 47.9 Å². The van der Waals surface area contributed by atoms with Gasteiger partial charge in [-0.05, 0) is 30.7 Å². The maximum Gasteiger partial charge on any atom is 0.255 e. The molecule has 0 spiro atoms. The van der Waals surface area contributed by atoms with Gasteiger partial charge in [-0.25, -0.2) is 8.42 Å². The van der Waals surface area contributed by atoms with Crippen molar-refractivity contribution in [1.29, 1.82) is 0 Å². The highest BCUT2D eigenvalue weighted by Crippen LogP contribution is 2.21. The molecular weight excluding hydrogens is 336 g/mol. The van der Waals surface area contributed by atoms with E-state index in [0.29, 0.717) is 11.5 Å². The minimum Gasteiger partial charge on any atom is -0.314 e. The number of anilines is 1. The van der Waals surface area contributed by atoms with Gasteiger partial charge in [0.15, 0.2) is 5.82 Å². The third kappa shape index (κ3) is 4.33. The monoisotopic (exact) mass is 354 g/mol. The van der Waals surface area contributed by atoms with Gasteiger partial charge in [0.05, 0.1) is 5.41 Å². The smallest absolute Gasteiger partial charge is 0.255 e. The fourth-order valence-corrected chi connectivity index (χ4v) is 3.22. The zero-order chi connectivity index (χ0) is 17.7. The molecule has 1 heterocycles. The second-order valence-electron chi connectivity index (χ2n) is 5.38. The first-order valence-electron chi connectivity index (χ1n) is 7.81. The molecule has 0 atom stereocenters. The van der Waals surface area contributed by atoms with Crippen LogP contribution in [-0.2, 0) is 16.6 Å². The number of nitrogens with one attached hydrogen (secondary N) is 1. The van der Waals surface area contributed by atoms with Crippen LogP contribution in [0, 0.1) is 0 Å². The first-order valence-corrected chi connectivity index (χ1v) is 9.36. The number of sulfonamides is 1. The van der Waals surface area contributed by atoms with E-state index in [1.165, 1.54) is 0 Å². The summed E-state index contributed by atoms with van der Waals surface area (Å²) in [6.45, 7) is 2.73. The molecule has 0 fully saturated rings. The first kappa shape index (κ1) is 16.9. The van der Waals surface area contributed by atoms with Crippen LogP contribution >= 0.6 is 0 Å². The van der Waals surface area contributed by atoms with Crippen molar-refractivity contribution >= 4 is 21.8 Å². The van der Waals surface area contributed by atoms with Crippen molar-refractivity contribution in [3.63, 3.8) is 0 Å². The van der Waals surface area contributed by atoms with Crippen LogP contribution in [0.5, 0.6) is 0 Å². The Kier molecular flexibility index (Phi) is 4.95. The average Bonchev–Trinajstić information content (AvgIpc) is 3.10. The molecule has 0 radical (unpaired) electrons. The molecule has 0 aliphatic carbocycles. The fourth-order valence-electron chi connectivity index (χ4n) is 2.36. The van der Waals surface area contributed by atoms with Crippen LogP contribution in [0.4, 0.5) is 5.69 Å². The quantitative estimate of drug-likeness (QED) is 0.736. The molecule has 2 aromatic carbocycles. The summed E-state index contributed by atoms with van der Waals surface area (Å²) in [5, 5.41) is 9.15. The lowest BCUT2D eigenvalue weighted by Gasteiger charge is -2.07. The molecule has 25 heavy (non-hydrogen) atoms. The van der Waals surface area contributed by atoms with Crippen LogP contribution in [0.15, 0.2) is 66.3 Å². The lowest BCUT2D eigenvalue weighted by atomic mass is 10.2. The minimum absolute atomic E-state index is 0.473. The van der Waals surface area contributed by atoms with Crippen molar-refractivity contribution in [2.45, 2.75) is 13.5 Å². The van der Waals surface area contributed by atoms with Gasteiger partial charge in [0.25, 0.3) is 10.0 Å². The molecule has 0 saturated carbocycles. The van der Waals surface area contributed by atoms with Crippen molar-refractivity contribution < 1.29 is 8.42 Å². The van der Waals surface area contributed by atoms with Crippen molar-refractivity contribution in [2.75, 3.05) is 4.72 Å². The van der Waals surface area contributed by atoms with Crippen LogP contribution in [0.25, 0.3) is 17.5 Å². The van der Waals surface area contributed by atoms with Crippen LogP contribution in [0.1, 0.15) is 12.5 Å². The molecule has 0 bridgehead atoms. The molecule has 0 unspecified atom stereocenters. The first-order chi connectivity index (χ1) is 12.1. The Morgan fingerprint density at radius 3 is 2.68 bits per heavy atom. The lowest BCUT2D eigenvalue weighted by molar-refractivity contribution is 0.609. The fraction of sp³-hybridized carbons (Fsp3) is 0.111. The zero-order valence-electron chi connectivity index (χ0n) is 13.7. The Bertz CT molecular complexity index is 979. The van der Waals surface area contributed by atoms with Gasteiger partial charge >= 0.3 is 0 Å². The molecular formula is C18H18N4O2S. The summed E-state index contributed by atoms with van der Waals surface area (Å²) in [6, 6.07) is 16.4. The standard InChI is InChI=1S/C18H18N4O2S/c1-2-22-14-19-20-18(22)16-9-6-10-17(13-16)21-25(23,24)12-11-15-7-4-3-5-8-15/h3-14,21H,2H2,1H3/b12-11+. The maximum absolute atomic E-state index is 12.3. The SMILES string of the molecule is CCn1cnnc1-c1cccc(NS(=O)(=O)/C=C/c2ccccc2)c1. The van der Waals surface area contributed by atoms with E-state index in [0.717, 1.165) is 23.1 Å². The van der Waals surface area contributed by atoms with Crippen LogP contribution in [0.3, 0.4) is 0 Å². The number of nitrogens with zero attached hydrogens (tertiary/aromatic N) is 3. The number of rotatable bonds is 6. The summed E-state index contributed by atoms with van der Waals surface area (Å²) in [7, 11) is -3.61. The second-order valence-corrected chi connectivity index (χ2v) is 6.95. The summed E-state index contributed by atoms with van der Waals surface area (Å²) in [5.41, 5.74) is 2.09. The maximum atomic E-state index is 12.3. The highest BCUT2D eigenvalue weighted by atomic mass is 32.2. The van der Waals surface area contributed by atoms with E-state index in [4.69, 9.17) is 0 Å². The third-order valence-corrected chi connectivity index (χ3v) is 4.59. The topological polar surface area (TPSA) is 76.9 Å². The molecule has 0 amide bonds. The molecule has 6 nitrogen and oxygen atoms in total. The Morgan fingerprint density at radius 2 is 1.92 bits per heavy atom. The summed E-state index contributed by atoms with van der Waals surface area (Å²) < 4.78 is 29.0. The van der Waals surface area contributed by atoms with Crippen molar-refractivity contribution in [3.8, 4) is 11.4 Å². The normalized spacial score (nSPS) is 11.7. The minimum atomic E-state index is -3.61. The average molecular weight is 354 g/mol. The van der Waals surface area contributed by atoms with E-state index in [1.54, 1.807) is 30.6 Å². The van der Waals surface area contributed by atoms with Crippen molar-refractivity contribution in [3.05, 3.63) is 71.9 Å². The molecule has 0 aliphatic heterocycles. The highest BCUT2D eigenvalue weighted by molar-refractivity contribution is 7.95. The summed E-state index contributed by atoms with van der Waals surface area (Å²) >= 11 is 0. The van der Waals surface area contributed by atoms with Crippen LogP contribution in [-0.4, -0.2) is 23.2 Å². The van der Waals surface area contributed by atoms with E-state index >= 15 is 0 Å². The van der Waals surface area contributed by atoms with Gasteiger partial charge < -0.3 is 4.57 Å². The molecule has 7 heteroatoms. The zero-order valence-corrected chi connectivity index (χ0v) is 14.5. The van der Waals surface area contributed by atoms with Crippen LogP contribution < -0.4 is 4.72 Å². The second kappa shape index (κ2) is 7.31. The number of benzene rings is 2. The molecule has 1 N–H and O–H groups in total. The van der Waals surface area contributed by atoms with E-state index in [-0.39, 0.29) is 0 Å². The lowest BCUT2D eigenvalue weighted by Crippen LogP contribution is -2.09. The number of aromatic nitrogens is 3. The van der Waals surface area contributed by atoms with Gasteiger partial charge in [0.1, 0.15) is 6.33 Å². The number of aryl methyl sites for hydroxylation is 1. The van der Waals surface area contributed by atoms with Gasteiger partial charge in [-0.15, -0.1) is 10.2 Å². The third-order valence-electron chi connectivity index (χ3n) is 3.58. The Labute approximate surface area is 146 Å². The largest absolute Gasteiger partial charge is 0.314 e. The highest BCUT2D eigenvalue weighted by Gasteiger charge is 2.10.